The van der Waals surface area contributed by atoms with Crippen molar-refractivity contribution in [2.45, 2.75) is 110 Å². The zero-order valence-electron chi connectivity index (χ0n) is 37.0. The van der Waals surface area contributed by atoms with Gasteiger partial charge in [-0.25, -0.2) is 0 Å². The van der Waals surface area contributed by atoms with Crippen molar-refractivity contribution in [2.24, 2.45) is 0 Å². The quantitative estimate of drug-likeness (QED) is 0.0958. The summed E-state index contributed by atoms with van der Waals surface area (Å²) in [5, 5.41) is 2.67. The molecule has 306 valence electrons. The maximum atomic E-state index is 2.62. The fourth-order valence-electron chi connectivity index (χ4n) is 12.0. The first kappa shape index (κ1) is 39.9. The molecule has 61 heavy (non-hydrogen) atoms. The monoisotopic (exact) mass is 812 g/mol. The number of aromatic nitrogens is 1. The van der Waals surface area contributed by atoms with Gasteiger partial charge in [-0.1, -0.05) is 174 Å². The van der Waals surface area contributed by atoms with Gasteiger partial charge in [0.1, 0.15) is 0 Å². The molecular weight excluding hydrogens is 754 g/mol. The summed E-state index contributed by atoms with van der Waals surface area (Å²) >= 11 is 0. The first-order chi connectivity index (χ1) is 29.3. The summed E-state index contributed by atoms with van der Waals surface area (Å²) < 4.78 is 2.62. The number of aryl methyl sites for hydroxylation is 2. The number of benzene rings is 7. The summed E-state index contributed by atoms with van der Waals surface area (Å²) in [6.07, 6.45) is 10.2. The van der Waals surface area contributed by atoms with Gasteiger partial charge in [0.15, 0.2) is 0 Å². The van der Waals surface area contributed by atoms with Crippen LogP contribution in [0.2, 0.25) is 0 Å². The summed E-state index contributed by atoms with van der Waals surface area (Å²) in [4.78, 5) is 0. The molecule has 0 bridgehead atoms. The number of fused-ring (bicyclic) bond motifs is 15. The Balaban J connectivity index is 0.00000445. The largest absolute Gasteiger partial charge is 0.577 e. The average Bonchev–Trinajstić information content (AvgIpc) is 3.85. The maximum Gasteiger partial charge on any atom is 0.0754 e. The van der Waals surface area contributed by atoms with E-state index in [9.17, 15) is 0 Å². The van der Waals surface area contributed by atoms with Gasteiger partial charge in [0, 0.05) is 16.2 Å². The third kappa shape index (κ3) is 5.69. The molecule has 0 saturated heterocycles. The van der Waals surface area contributed by atoms with E-state index in [0.717, 1.165) is 6.42 Å². The lowest BCUT2D eigenvalue weighted by atomic mass is 9.64. The smallest absolute Gasteiger partial charge is 0.0754 e. The van der Waals surface area contributed by atoms with Crippen LogP contribution in [0.1, 0.15) is 135 Å². The summed E-state index contributed by atoms with van der Waals surface area (Å²) in [6.45, 7) is 14.1. The normalized spacial score (nSPS) is 16.6. The van der Waals surface area contributed by atoms with Gasteiger partial charge in [0.05, 0.1) is 22.1 Å². The van der Waals surface area contributed by atoms with Crippen LogP contribution in [-0.2, 0) is 10.8 Å². The molecule has 8 aromatic rings. The van der Waals surface area contributed by atoms with Gasteiger partial charge in [-0.05, 0) is 141 Å². The Morgan fingerprint density at radius 2 is 1.15 bits per heavy atom. The summed E-state index contributed by atoms with van der Waals surface area (Å²) in [7, 11) is 0. The number of nitrogens with zero attached hydrogens (tertiary/aromatic N) is 1. The standard InChI is InChI=1S/C59H57N.H2P/c1-7-9-10-11-12-17-30-58(6)51-32-38(4)22-26-45(51)46-27-24-41(35-52(46)58)42-33-48-47-31-37(3)23-28-55(47)60-56-29-25-40(39(5)8-2)34-53(56)59(54(36-42)57(48)60)49-20-15-13-18-43(49)44-19-14-16-21-50(44)59;/h13-16,18-29,31-36,39H,7-12,17,30H2,1-6H3;1H2/q;-1. The lowest BCUT2D eigenvalue weighted by Gasteiger charge is -2.40. The van der Waals surface area contributed by atoms with Gasteiger partial charge >= 0.3 is 0 Å². The molecule has 1 spiro atoms. The predicted molar refractivity (Wildman–Crippen MR) is 265 cm³/mol. The topological polar surface area (TPSA) is 4.93 Å². The molecule has 0 amide bonds. The van der Waals surface area contributed by atoms with Crippen molar-refractivity contribution >= 4 is 31.7 Å². The third-order valence-electron chi connectivity index (χ3n) is 15.3. The van der Waals surface area contributed by atoms with Crippen LogP contribution in [0.15, 0.2) is 133 Å². The van der Waals surface area contributed by atoms with E-state index >= 15 is 0 Å². The third-order valence-corrected chi connectivity index (χ3v) is 15.3. The summed E-state index contributed by atoms with van der Waals surface area (Å²) in [5.41, 5.74) is 24.2. The minimum atomic E-state index is -0.476. The van der Waals surface area contributed by atoms with Crippen LogP contribution in [0, 0.1) is 13.8 Å². The van der Waals surface area contributed by atoms with Crippen molar-refractivity contribution in [2.75, 3.05) is 0 Å². The van der Waals surface area contributed by atoms with Gasteiger partial charge in [0.25, 0.3) is 0 Å². The van der Waals surface area contributed by atoms with E-state index in [-0.39, 0.29) is 15.3 Å². The molecule has 1 aliphatic heterocycles. The minimum Gasteiger partial charge on any atom is -0.577 e. The lowest BCUT2D eigenvalue weighted by molar-refractivity contribution is 0.480. The Hall–Kier alpha value is -5.23. The van der Waals surface area contributed by atoms with E-state index in [0.29, 0.717) is 5.92 Å². The number of hydrogen-bond donors (Lipinski definition) is 0. The van der Waals surface area contributed by atoms with Crippen molar-refractivity contribution in [3.8, 4) is 39.1 Å². The molecule has 2 heteroatoms. The van der Waals surface area contributed by atoms with Crippen LogP contribution in [0.4, 0.5) is 0 Å². The molecule has 0 radical (unpaired) electrons. The zero-order chi connectivity index (χ0) is 40.9. The lowest BCUT2D eigenvalue weighted by Crippen LogP contribution is -2.33. The highest BCUT2D eigenvalue weighted by Gasteiger charge is 2.51. The van der Waals surface area contributed by atoms with Gasteiger partial charge in [0.2, 0.25) is 0 Å². The van der Waals surface area contributed by atoms with E-state index in [1.165, 1.54) is 156 Å². The second kappa shape index (κ2) is 15.0. The number of rotatable bonds is 10. The first-order valence-corrected chi connectivity index (χ1v) is 23.0. The van der Waals surface area contributed by atoms with Crippen molar-refractivity contribution in [1.29, 1.82) is 0 Å². The first-order valence-electron chi connectivity index (χ1n) is 23.0. The van der Waals surface area contributed by atoms with Gasteiger partial charge < -0.3 is 14.5 Å². The minimum absolute atomic E-state index is 0. The van der Waals surface area contributed by atoms with Crippen LogP contribution in [0.5, 0.6) is 0 Å². The van der Waals surface area contributed by atoms with E-state index in [4.69, 9.17) is 0 Å². The van der Waals surface area contributed by atoms with Gasteiger partial charge in [-0.3, -0.25) is 0 Å². The number of unbranched alkanes of at least 4 members (excludes halogenated alkanes) is 5. The Bertz CT molecular complexity index is 2990. The maximum absolute atomic E-state index is 2.62. The van der Waals surface area contributed by atoms with Crippen molar-refractivity contribution in [3.05, 3.63) is 184 Å². The Labute approximate surface area is 366 Å². The van der Waals surface area contributed by atoms with E-state index < -0.39 is 5.41 Å². The molecule has 2 atom stereocenters. The van der Waals surface area contributed by atoms with Crippen molar-refractivity contribution in [3.63, 3.8) is 0 Å². The van der Waals surface area contributed by atoms with Crippen molar-refractivity contribution in [1.82, 2.24) is 4.57 Å². The second-order valence-electron chi connectivity index (χ2n) is 18.9. The molecule has 2 heterocycles. The van der Waals surface area contributed by atoms with E-state index in [1.807, 2.05) is 0 Å². The highest BCUT2D eigenvalue weighted by atomic mass is 31.0. The molecule has 0 N–H and O–H groups in total. The molecule has 3 aliphatic rings. The molecule has 0 fully saturated rings. The summed E-state index contributed by atoms with van der Waals surface area (Å²) in [6, 6.07) is 52.9. The van der Waals surface area contributed by atoms with E-state index in [2.05, 4.69) is 180 Å². The molecule has 1 nitrogen and oxygen atoms in total. The Morgan fingerprint density at radius 1 is 0.525 bits per heavy atom. The molecule has 2 unspecified atom stereocenters. The molecule has 1 aromatic heterocycles. The molecule has 2 aliphatic carbocycles. The fraction of sp³-hybridized carbons (Fsp3) is 0.288. The average molecular weight is 813 g/mol. The second-order valence-corrected chi connectivity index (χ2v) is 18.9. The molecule has 7 aromatic carbocycles. The predicted octanol–water partition coefficient (Wildman–Crippen LogP) is 16.6. The highest BCUT2D eigenvalue weighted by Crippen LogP contribution is 2.62. The SMILES string of the molecule is CCCCCCCCC1(C)c2cc(C)ccc2-c2ccc(-c3cc4c5c(c3)c3cc(C)ccc3n5-c3ccc(C(C)CC)cc3C43c4ccccc4-c4ccccc43)cc21.[PH2-]. The summed E-state index contributed by atoms with van der Waals surface area (Å²) in [5.74, 6) is 0.459. The molecule has 0 saturated carbocycles. The fourth-order valence-corrected chi connectivity index (χ4v) is 12.0. The van der Waals surface area contributed by atoms with Gasteiger partial charge in [-0.15, -0.1) is 0 Å². The van der Waals surface area contributed by atoms with Crippen molar-refractivity contribution < 1.29 is 0 Å². The van der Waals surface area contributed by atoms with Crippen LogP contribution >= 0.6 is 9.90 Å². The van der Waals surface area contributed by atoms with Crippen LogP contribution in [-0.4, -0.2) is 4.57 Å². The Kier molecular flexibility index (Phi) is 9.80. The molecular formula is C59H59NP-. The van der Waals surface area contributed by atoms with Crippen LogP contribution < -0.4 is 0 Å². The molecule has 11 rings (SSSR count). The number of hydrogen-bond acceptors (Lipinski definition) is 0. The zero-order valence-corrected chi connectivity index (χ0v) is 38.1. The van der Waals surface area contributed by atoms with Crippen LogP contribution in [0.3, 0.4) is 0 Å². The highest BCUT2D eigenvalue weighted by molar-refractivity contribution is 6.92. The van der Waals surface area contributed by atoms with Crippen LogP contribution in [0.25, 0.3) is 60.9 Å². The Morgan fingerprint density at radius 3 is 1.89 bits per heavy atom. The van der Waals surface area contributed by atoms with E-state index in [1.54, 1.807) is 0 Å². The van der Waals surface area contributed by atoms with Gasteiger partial charge in [-0.2, -0.15) is 0 Å².